The molecule has 0 aromatic heterocycles. The minimum Gasteiger partial charge on any atom is -0.212 e. The van der Waals surface area contributed by atoms with Gasteiger partial charge in [0.15, 0.2) is 0 Å². The summed E-state index contributed by atoms with van der Waals surface area (Å²) in [6.45, 7) is 3.55. The van der Waals surface area contributed by atoms with Crippen LogP contribution in [0.1, 0.15) is 26.7 Å². The van der Waals surface area contributed by atoms with Crippen LogP contribution < -0.4 is 0 Å². The van der Waals surface area contributed by atoms with E-state index in [0.717, 1.165) is 6.42 Å². The second kappa shape index (κ2) is 3.42. The van der Waals surface area contributed by atoms with E-state index in [2.05, 4.69) is 0 Å². The van der Waals surface area contributed by atoms with Crippen molar-refractivity contribution >= 4 is 19.7 Å². The van der Waals surface area contributed by atoms with E-state index >= 15 is 0 Å². The fourth-order valence-corrected chi connectivity index (χ4v) is 1.33. The Kier molecular flexibility index (Phi) is 3.51. The molecule has 1 atom stereocenters. The van der Waals surface area contributed by atoms with Gasteiger partial charge in [0.05, 0.1) is 5.25 Å². The van der Waals surface area contributed by atoms with Gasteiger partial charge in [-0.1, -0.05) is 13.3 Å². The first-order valence-electron chi connectivity index (χ1n) is 2.92. The van der Waals surface area contributed by atoms with Crippen LogP contribution in [-0.2, 0) is 9.05 Å². The largest absolute Gasteiger partial charge is 0.235 e. The van der Waals surface area contributed by atoms with Crippen molar-refractivity contribution in [2.75, 3.05) is 0 Å². The van der Waals surface area contributed by atoms with E-state index in [1.807, 2.05) is 6.92 Å². The lowest BCUT2D eigenvalue weighted by Gasteiger charge is -2.02. The molecular formula is C5H11ClO2S. The molecule has 0 aromatic carbocycles. The van der Waals surface area contributed by atoms with Crippen LogP contribution in [0.2, 0.25) is 0 Å². The van der Waals surface area contributed by atoms with Crippen molar-refractivity contribution in [3.05, 3.63) is 0 Å². The van der Waals surface area contributed by atoms with Gasteiger partial charge in [-0.2, -0.15) is 0 Å². The molecule has 0 spiro atoms. The molecule has 1 unspecified atom stereocenters. The molecule has 0 rings (SSSR count). The third kappa shape index (κ3) is 3.76. The fourth-order valence-electron chi connectivity index (χ4n) is 0.547. The van der Waals surface area contributed by atoms with Crippen LogP contribution >= 0.6 is 10.7 Å². The van der Waals surface area contributed by atoms with E-state index in [1.54, 1.807) is 6.92 Å². The van der Waals surface area contributed by atoms with E-state index in [4.69, 9.17) is 10.7 Å². The second-order valence-electron chi connectivity index (χ2n) is 2.07. The average molecular weight is 171 g/mol. The summed E-state index contributed by atoms with van der Waals surface area (Å²) in [7, 11) is 1.74. The number of hydrogen-bond acceptors (Lipinski definition) is 2. The molecular weight excluding hydrogens is 160 g/mol. The zero-order valence-corrected chi connectivity index (χ0v) is 7.17. The predicted molar refractivity (Wildman–Crippen MR) is 39.1 cm³/mol. The standard InChI is InChI=1S/C5H11ClO2S/c1-3-4-5(2)9(6,7)8/h5H,3-4H2,1-2H3. The molecule has 0 amide bonds. The van der Waals surface area contributed by atoms with Crippen molar-refractivity contribution < 1.29 is 8.42 Å². The Hall–Kier alpha value is 0.240. The molecule has 0 aliphatic heterocycles. The molecule has 0 aliphatic rings. The Labute approximate surface area is 60.6 Å². The Morgan fingerprint density at radius 1 is 1.56 bits per heavy atom. The second-order valence-corrected chi connectivity index (χ2v) is 5.12. The van der Waals surface area contributed by atoms with E-state index in [1.165, 1.54) is 0 Å². The molecule has 2 nitrogen and oxygen atoms in total. The summed E-state index contributed by atoms with van der Waals surface area (Å²) in [5.74, 6) is 0. The molecule has 56 valence electrons. The number of halogens is 1. The predicted octanol–water partition coefficient (Wildman–Crippen LogP) is 1.74. The highest BCUT2D eigenvalue weighted by atomic mass is 35.7. The van der Waals surface area contributed by atoms with Crippen LogP contribution in [0.5, 0.6) is 0 Å². The minimum atomic E-state index is -3.29. The molecule has 0 saturated heterocycles. The summed E-state index contributed by atoms with van der Waals surface area (Å²) < 4.78 is 21.0. The zero-order valence-electron chi connectivity index (χ0n) is 5.59. The van der Waals surface area contributed by atoms with Gasteiger partial charge in [-0.25, -0.2) is 8.42 Å². The first-order valence-corrected chi connectivity index (χ1v) is 5.29. The Bertz CT molecular complexity index is 162. The Morgan fingerprint density at radius 3 is 2.11 bits per heavy atom. The van der Waals surface area contributed by atoms with Crippen LogP contribution in [0.25, 0.3) is 0 Å². The topological polar surface area (TPSA) is 34.1 Å². The monoisotopic (exact) mass is 170 g/mol. The molecule has 4 heteroatoms. The van der Waals surface area contributed by atoms with Gasteiger partial charge in [0.2, 0.25) is 9.05 Å². The molecule has 0 saturated carbocycles. The van der Waals surface area contributed by atoms with Crippen molar-refractivity contribution in [1.29, 1.82) is 0 Å². The highest BCUT2D eigenvalue weighted by Crippen LogP contribution is 2.11. The van der Waals surface area contributed by atoms with Gasteiger partial charge in [-0.05, 0) is 13.3 Å². The lowest BCUT2D eigenvalue weighted by atomic mass is 10.3. The van der Waals surface area contributed by atoms with Crippen molar-refractivity contribution in [2.24, 2.45) is 0 Å². The molecule has 9 heavy (non-hydrogen) atoms. The molecule has 0 aromatic rings. The maximum Gasteiger partial charge on any atom is 0.235 e. The van der Waals surface area contributed by atoms with Gasteiger partial charge < -0.3 is 0 Å². The van der Waals surface area contributed by atoms with E-state index in [9.17, 15) is 8.42 Å². The average Bonchev–Trinajstić information content (AvgIpc) is 1.64. The zero-order chi connectivity index (χ0) is 7.49. The lowest BCUT2D eigenvalue weighted by molar-refractivity contribution is 0.590. The smallest absolute Gasteiger partial charge is 0.212 e. The molecule has 0 aliphatic carbocycles. The highest BCUT2D eigenvalue weighted by molar-refractivity contribution is 8.14. The van der Waals surface area contributed by atoms with Crippen LogP contribution in [0, 0.1) is 0 Å². The van der Waals surface area contributed by atoms with Crippen LogP contribution in [-0.4, -0.2) is 13.7 Å². The molecule has 0 heterocycles. The normalized spacial score (nSPS) is 15.4. The summed E-state index contributed by atoms with van der Waals surface area (Å²) in [5.41, 5.74) is 0. The Balaban J connectivity index is 3.90. The van der Waals surface area contributed by atoms with Crippen LogP contribution in [0.3, 0.4) is 0 Å². The van der Waals surface area contributed by atoms with Gasteiger partial charge in [0.1, 0.15) is 0 Å². The van der Waals surface area contributed by atoms with Gasteiger partial charge >= 0.3 is 0 Å². The molecule has 0 N–H and O–H groups in total. The third-order valence-corrected chi connectivity index (χ3v) is 3.29. The van der Waals surface area contributed by atoms with Crippen molar-refractivity contribution in [2.45, 2.75) is 31.9 Å². The minimum absolute atomic E-state index is 0.399. The van der Waals surface area contributed by atoms with E-state index < -0.39 is 14.3 Å². The van der Waals surface area contributed by atoms with Crippen molar-refractivity contribution in [1.82, 2.24) is 0 Å². The molecule has 0 radical (unpaired) electrons. The fraction of sp³-hybridized carbons (Fsp3) is 1.00. The van der Waals surface area contributed by atoms with E-state index in [0.29, 0.717) is 6.42 Å². The van der Waals surface area contributed by atoms with E-state index in [-0.39, 0.29) is 0 Å². The number of rotatable bonds is 3. The summed E-state index contributed by atoms with van der Waals surface area (Å²) in [4.78, 5) is 0. The van der Waals surface area contributed by atoms with Gasteiger partial charge in [-0.3, -0.25) is 0 Å². The third-order valence-electron chi connectivity index (χ3n) is 1.18. The SMILES string of the molecule is CCCC(C)S(=O)(=O)Cl. The van der Waals surface area contributed by atoms with Gasteiger partial charge in [0, 0.05) is 10.7 Å². The van der Waals surface area contributed by atoms with Gasteiger partial charge in [0.25, 0.3) is 0 Å². The van der Waals surface area contributed by atoms with Crippen molar-refractivity contribution in [3.8, 4) is 0 Å². The summed E-state index contributed by atoms with van der Waals surface area (Å²) in [6, 6.07) is 0. The van der Waals surface area contributed by atoms with Crippen LogP contribution in [0.4, 0.5) is 0 Å². The van der Waals surface area contributed by atoms with Gasteiger partial charge in [-0.15, -0.1) is 0 Å². The molecule has 0 fully saturated rings. The molecule has 0 bridgehead atoms. The summed E-state index contributed by atoms with van der Waals surface area (Å²) in [6.07, 6.45) is 1.50. The maximum absolute atomic E-state index is 10.5. The quantitative estimate of drug-likeness (QED) is 0.605. The Morgan fingerprint density at radius 2 is 2.00 bits per heavy atom. The first-order chi connectivity index (χ1) is 3.98. The first kappa shape index (κ1) is 9.24. The maximum atomic E-state index is 10.5. The lowest BCUT2D eigenvalue weighted by Crippen LogP contribution is -2.10. The van der Waals surface area contributed by atoms with Crippen molar-refractivity contribution in [3.63, 3.8) is 0 Å². The van der Waals surface area contributed by atoms with Crippen LogP contribution in [0.15, 0.2) is 0 Å². The highest BCUT2D eigenvalue weighted by Gasteiger charge is 2.15. The summed E-state index contributed by atoms with van der Waals surface area (Å²) >= 11 is 0. The number of hydrogen-bond donors (Lipinski definition) is 0. The summed E-state index contributed by atoms with van der Waals surface area (Å²) in [5, 5.41) is -0.399.